The second kappa shape index (κ2) is 4.87. The first-order valence-corrected chi connectivity index (χ1v) is 6.21. The molecule has 0 aliphatic rings. The van der Waals surface area contributed by atoms with Crippen molar-refractivity contribution in [1.29, 1.82) is 0 Å². The molecule has 0 aliphatic heterocycles. The zero-order valence-electron chi connectivity index (χ0n) is 10.2. The highest BCUT2D eigenvalue weighted by molar-refractivity contribution is 9.10. The fraction of sp³-hybridized carbons (Fsp3) is 0.333. The van der Waals surface area contributed by atoms with Crippen molar-refractivity contribution >= 4 is 21.7 Å². The van der Waals surface area contributed by atoms with Crippen molar-refractivity contribution in [3.05, 3.63) is 39.8 Å². The van der Waals surface area contributed by atoms with Crippen molar-refractivity contribution in [1.82, 2.24) is 14.8 Å². The van der Waals surface area contributed by atoms with Crippen molar-refractivity contribution in [3.8, 4) is 0 Å². The Morgan fingerprint density at radius 2 is 2.12 bits per heavy atom. The summed E-state index contributed by atoms with van der Waals surface area (Å²) in [4.78, 5) is 4.44. The summed E-state index contributed by atoms with van der Waals surface area (Å²) < 4.78 is 2.90. The monoisotopic (exact) mass is 294 g/mol. The summed E-state index contributed by atoms with van der Waals surface area (Å²) in [5, 5.41) is 7.51. The van der Waals surface area contributed by atoms with Gasteiger partial charge < -0.3 is 5.32 Å². The third-order valence-electron chi connectivity index (χ3n) is 2.82. The van der Waals surface area contributed by atoms with Crippen LogP contribution in [0.5, 0.6) is 0 Å². The van der Waals surface area contributed by atoms with Crippen LogP contribution >= 0.6 is 15.9 Å². The minimum Gasteiger partial charge on any atom is -0.366 e. The van der Waals surface area contributed by atoms with Gasteiger partial charge in [-0.2, -0.15) is 5.10 Å². The number of nitrogens with zero attached hydrogens (tertiary/aromatic N) is 3. The Hall–Kier alpha value is -1.36. The van der Waals surface area contributed by atoms with Gasteiger partial charge in [0.15, 0.2) is 0 Å². The van der Waals surface area contributed by atoms with Crippen molar-refractivity contribution < 1.29 is 0 Å². The van der Waals surface area contributed by atoms with Crippen LogP contribution in [0.15, 0.2) is 22.8 Å². The molecule has 0 bridgehead atoms. The lowest BCUT2D eigenvalue weighted by atomic mass is 10.2. The predicted molar refractivity (Wildman–Crippen MR) is 71.9 cm³/mol. The highest BCUT2D eigenvalue weighted by atomic mass is 79.9. The Labute approximate surface area is 109 Å². The number of hydrogen-bond donors (Lipinski definition) is 1. The van der Waals surface area contributed by atoms with E-state index in [4.69, 9.17) is 0 Å². The van der Waals surface area contributed by atoms with E-state index in [0.29, 0.717) is 0 Å². The molecule has 17 heavy (non-hydrogen) atoms. The van der Waals surface area contributed by atoms with E-state index in [1.54, 1.807) is 0 Å². The van der Waals surface area contributed by atoms with Crippen LogP contribution in [0, 0.1) is 13.8 Å². The second-order valence-electron chi connectivity index (χ2n) is 4.00. The first kappa shape index (κ1) is 12.1. The molecule has 90 valence electrons. The van der Waals surface area contributed by atoms with E-state index in [0.717, 1.165) is 22.5 Å². The van der Waals surface area contributed by atoms with Crippen molar-refractivity contribution in [2.24, 2.45) is 7.05 Å². The predicted octanol–water partition coefficient (Wildman–Crippen LogP) is 2.81. The van der Waals surface area contributed by atoms with Crippen molar-refractivity contribution in [3.63, 3.8) is 0 Å². The summed E-state index contributed by atoms with van der Waals surface area (Å²) in [6, 6.07) is 3.96. The van der Waals surface area contributed by atoms with Crippen molar-refractivity contribution in [2.45, 2.75) is 20.4 Å². The lowest BCUT2D eigenvalue weighted by Crippen LogP contribution is -2.03. The minimum absolute atomic E-state index is 0.744. The van der Waals surface area contributed by atoms with Gasteiger partial charge in [-0.05, 0) is 41.9 Å². The molecule has 5 heteroatoms. The van der Waals surface area contributed by atoms with Crippen molar-refractivity contribution in [2.75, 3.05) is 5.32 Å². The molecular formula is C12H15BrN4. The van der Waals surface area contributed by atoms with Gasteiger partial charge in [0, 0.05) is 29.3 Å². The van der Waals surface area contributed by atoms with E-state index in [9.17, 15) is 0 Å². The number of hydrogen-bond acceptors (Lipinski definition) is 3. The highest BCUT2D eigenvalue weighted by Crippen LogP contribution is 2.17. The van der Waals surface area contributed by atoms with E-state index in [-0.39, 0.29) is 0 Å². The molecule has 1 N–H and O–H groups in total. The number of nitrogens with one attached hydrogen (secondary N) is 1. The van der Waals surface area contributed by atoms with Gasteiger partial charge in [-0.15, -0.1) is 0 Å². The summed E-state index contributed by atoms with van der Waals surface area (Å²) in [7, 11) is 1.95. The Bertz CT molecular complexity index is 533. The maximum atomic E-state index is 4.44. The highest BCUT2D eigenvalue weighted by Gasteiger charge is 2.04. The first-order chi connectivity index (χ1) is 8.08. The van der Waals surface area contributed by atoms with Crippen LogP contribution in [-0.4, -0.2) is 14.8 Å². The second-order valence-corrected chi connectivity index (χ2v) is 4.85. The van der Waals surface area contributed by atoms with Gasteiger partial charge >= 0.3 is 0 Å². The molecule has 4 nitrogen and oxygen atoms in total. The molecule has 0 amide bonds. The number of aryl methyl sites for hydroxylation is 2. The summed E-state index contributed by atoms with van der Waals surface area (Å²) in [6.07, 6.45) is 1.88. The fourth-order valence-corrected chi connectivity index (χ4v) is 1.77. The number of pyridine rings is 1. The number of halogens is 1. The molecule has 0 saturated carbocycles. The lowest BCUT2D eigenvalue weighted by Gasteiger charge is -2.06. The topological polar surface area (TPSA) is 42.7 Å². The molecule has 0 radical (unpaired) electrons. The molecule has 2 aromatic rings. The Kier molecular flexibility index (Phi) is 3.47. The third-order valence-corrected chi connectivity index (χ3v) is 3.66. The van der Waals surface area contributed by atoms with Crippen LogP contribution in [0.1, 0.15) is 17.0 Å². The molecule has 2 aromatic heterocycles. The standard InChI is InChI=1S/C12H15BrN4/c1-8-11(13)4-5-12(16-8)14-6-10-7-15-17(3)9(10)2/h4-5,7H,6H2,1-3H3,(H,14,16). The quantitative estimate of drug-likeness (QED) is 0.947. The van der Waals surface area contributed by atoms with Gasteiger partial charge in [-0.3, -0.25) is 4.68 Å². The van der Waals surface area contributed by atoms with Crippen LogP contribution in [0.2, 0.25) is 0 Å². The van der Waals surface area contributed by atoms with Crippen LogP contribution in [0.3, 0.4) is 0 Å². The van der Waals surface area contributed by atoms with E-state index in [2.05, 4.69) is 38.3 Å². The van der Waals surface area contributed by atoms with Crippen LogP contribution in [0.25, 0.3) is 0 Å². The SMILES string of the molecule is Cc1nc(NCc2cnn(C)c2C)ccc1Br. The molecule has 0 atom stereocenters. The summed E-state index contributed by atoms with van der Waals surface area (Å²) in [5.74, 6) is 0.883. The van der Waals surface area contributed by atoms with E-state index in [1.807, 2.05) is 37.0 Å². The van der Waals surface area contributed by atoms with Crippen LogP contribution in [0.4, 0.5) is 5.82 Å². The molecular weight excluding hydrogens is 280 g/mol. The zero-order valence-corrected chi connectivity index (χ0v) is 11.7. The van der Waals surface area contributed by atoms with Crippen LogP contribution in [-0.2, 0) is 13.6 Å². The summed E-state index contributed by atoms with van der Waals surface area (Å²) in [5.41, 5.74) is 3.35. The maximum absolute atomic E-state index is 4.44. The number of anilines is 1. The molecule has 2 rings (SSSR count). The molecule has 0 saturated heterocycles. The lowest BCUT2D eigenvalue weighted by molar-refractivity contribution is 0.738. The fourth-order valence-electron chi connectivity index (χ4n) is 1.55. The molecule has 0 spiro atoms. The molecule has 0 fully saturated rings. The average Bonchev–Trinajstić information content (AvgIpc) is 2.62. The van der Waals surface area contributed by atoms with Crippen LogP contribution < -0.4 is 5.32 Å². The van der Waals surface area contributed by atoms with Gasteiger partial charge in [-0.25, -0.2) is 4.98 Å². The minimum atomic E-state index is 0.744. The van der Waals surface area contributed by atoms with E-state index in [1.165, 1.54) is 11.3 Å². The summed E-state index contributed by atoms with van der Waals surface area (Å²) in [6.45, 7) is 4.78. The van der Waals surface area contributed by atoms with E-state index >= 15 is 0 Å². The normalized spacial score (nSPS) is 10.6. The molecule has 0 aliphatic carbocycles. The Morgan fingerprint density at radius 1 is 1.35 bits per heavy atom. The molecule has 0 aromatic carbocycles. The largest absolute Gasteiger partial charge is 0.366 e. The first-order valence-electron chi connectivity index (χ1n) is 5.42. The van der Waals surface area contributed by atoms with Gasteiger partial charge in [0.25, 0.3) is 0 Å². The molecule has 2 heterocycles. The third kappa shape index (κ3) is 2.66. The number of rotatable bonds is 3. The zero-order chi connectivity index (χ0) is 12.4. The number of aromatic nitrogens is 3. The van der Waals surface area contributed by atoms with Gasteiger partial charge in [-0.1, -0.05) is 0 Å². The average molecular weight is 295 g/mol. The van der Waals surface area contributed by atoms with Gasteiger partial charge in [0.05, 0.1) is 11.9 Å². The smallest absolute Gasteiger partial charge is 0.126 e. The molecule has 0 unspecified atom stereocenters. The maximum Gasteiger partial charge on any atom is 0.126 e. The summed E-state index contributed by atoms with van der Waals surface area (Å²) >= 11 is 3.44. The Balaban J connectivity index is 2.07. The Morgan fingerprint density at radius 3 is 2.71 bits per heavy atom. The van der Waals surface area contributed by atoms with E-state index < -0.39 is 0 Å². The van der Waals surface area contributed by atoms with Gasteiger partial charge in [0.2, 0.25) is 0 Å². The van der Waals surface area contributed by atoms with Gasteiger partial charge in [0.1, 0.15) is 5.82 Å².